The summed E-state index contributed by atoms with van der Waals surface area (Å²) in [5.41, 5.74) is -0.0464. The second kappa shape index (κ2) is 5.87. The Bertz CT molecular complexity index is 520. The van der Waals surface area contributed by atoms with Crippen LogP contribution in [0.25, 0.3) is 0 Å². The van der Waals surface area contributed by atoms with Gasteiger partial charge in [-0.3, -0.25) is 0 Å². The number of rotatable bonds is 3. The second-order valence-corrected chi connectivity index (χ2v) is 4.84. The lowest BCUT2D eigenvalue weighted by atomic mass is 10.0. The first-order chi connectivity index (χ1) is 9.54. The number of aromatic nitrogens is 1. The van der Waals surface area contributed by atoms with Crippen molar-refractivity contribution in [2.24, 2.45) is 5.92 Å². The molecule has 1 aromatic heterocycles. The molecule has 0 bridgehead atoms. The largest absolute Gasteiger partial charge is 0.476 e. The number of aliphatic hydroxyl groups excluding tert-OH is 1. The molecule has 0 radical (unpaired) electrons. The number of likely N-dealkylation sites (tertiary alicyclic amines) is 1. The zero-order valence-electron chi connectivity index (χ0n) is 11.1. The summed E-state index contributed by atoms with van der Waals surface area (Å²) >= 11 is 0. The maximum atomic E-state index is 12.2. The monoisotopic (exact) mass is 279 g/mol. The van der Waals surface area contributed by atoms with Crippen molar-refractivity contribution in [3.05, 3.63) is 24.0 Å². The van der Waals surface area contributed by atoms with Gasteiger partial charge in [0.1, 0.15) is 0 Å². The number of urea groups is 1. The molecule has 20 heavy (non-hydrogen) atoms. The van der Waals surface area contributed by atoms with E-state index < -0.39 is 12.0 Å². The van der Waals surface area contributed by atoms with Crippen molar-refractivity contribution in [3.63, 3.8) is 0 Å². The van der Waals surface area contributed by atoms with Crippen LogP contribution in [0.4, 0.5) is 10.5 Å². The van der Waals surface area contributed by atoms with Crippen LogP contribution in [0.2, 0.25) is 0 Å². The molecule has 7 nitrogen and oxygen atoms in total. The summed E-state index contributed by atoms with van der Waals surface area (Å²) in [5, 5.41) is 20.9. The lowest BCUT2D eigenvalue weighted by Gasteiger charge is -2.25. The lowest BCUT2D eigenvalue weighted by Crippen LogP contribution is -2.42. The smallest absolute Gasteiger partial charge is 0.356 e. The van der Waals surface area contributed by atoms with Crippen molar-refractivity contribution in [2.45, 2.75) is 19.4 Å². The number of nitrogens with zero attached hydrogens (tertiary/aromatic N) is 2. The van der Waals surface area contributed by atoms with E-state index in [1.807, 2.05) is 6.92 Å². The third-order valence-electron chi connectivity index (χ3n) is 3.58. The molecule has 0 spiro atoms. The van der Waals surface area contributed by atoms with Crippen LogP contribution in [-0.2, 0) is 0 Å². The molecule has 2 heterocycles. The molecule has 1 aromatic rings. The molecular formula is C13H17N3O4. The number of hydrogen-bond acceptors (Lipinski definition) is 4. The van der Waals surface area contributed by atoms with Gasteiger partial charge in [-0.2, -0.15) is 0 Å². The minimum atomic E-state index is -1.20. The van der Waals surface area contributed by atoms with E-state index in [2.05, 4.69) is 10.3 Å². The molecular weight excluding hydrogens is 262 g/mol. The number of carbonyl (C=O) groups is 2. The van der Waals surface area contributed by atoms with Crippen molar-refractivity contribution in [3.8, 4) is 0 Å². The van der Waals surface area contributed by atoms with Crippen LogP contribution in [0.15, 0.2) is 18.3 Å². The van der Waals surface area contributed by atoms with E-state index in [0.29, 0.717) is 6.54 Å². The Labute approximate surface area is 116 Å². The van der Waals surface area contributed by atoms with Gasteiger partial charge in [-0.1, -0.05) is 6.92 Å². The molecule has 0 aliphatic carbocycles. The second-order valence-electron chi connectivity index (χ2n) is 4.84. The highest BCUT2D eigenvalue weighted by Gasteiger charge is 2.34. The quantitative estimate of drug-likeness (QED) is 0.766. The Balaban J connectivity index is 2.14. The molecule has 2 unspecified atom stereocenters. The summed E-state index contributed by atoms with van der Waals surface area (Å²) in [5.74, 6) is -0.979. The number of aromatic carboxylic acids is 1. The lowest BCUT2D eigenvalue weighted by molar-refractivity contribution is 0.0691. The van der Waals surface area contributed by atoms with Gasteiger partial charge in [0.2, 0.25) is 0 Å². The number of carboxylic acids is 1. The van der Waals surface area contributed by atoms with Gasteiger partial charge < -0.3 is 20.4 Å². The third kappa shape index (κ3) is 2.72. The highest BCUT2D eigenvalue weighted by molar-refractivity contribution is 5.98. The van der Waals surface area contributed by atoms with E-state index in [1.165, 1.54) is 17.2 Å². The summed E-state index contributed by atoms with van der Waals surface area (Å²) < 4.78 is 0. The Morgan fingerprint density at radius 2 is 2.30 bits per heavy atom. The van der Waals surface area contributed by atoms with Gasteiger partial charge in [-0.25, -0.2) is 14.6 Å². The minimum Gasteiger partial charge on any atom is -0.476 e. The van der Waals surface area contributed by atoms with Gasteiger partial charge in [0.25, 0.3) is 0 Å². The molecule has 108 valence electrons. The van der Waals surface area contributed by atoms with E-state index in [9.17, 15) is 14.7 Å². The van der Waals surface area contributed by atoms with Gasteiger partial charge in [0, 0.05) is 12.7 Å². The van der Waals surface area contributed by atoms with Crippen molar-refractivity contribution in [1.82, 2.24) is 9.88 Å². The van der Waals surface area contributed by atoms with Crippen LogP contribution < -0.4 is 5.32 Å². The Hall–Kier alpha value is -2.15. The molecule has 0 aromatic carbocycles. The highest BCUT2D eigenvalue weighted by Crippen LogP contribution is 2.24. The zero-order valence-corrected chi connectivity index (χ0v) is 11.1. The van der Waals surface area contributed by atoms with Crippen LogP contribution in [0, 0.1) is 5.92 Å². The van der Waals surface area contributed by atoms with Crippen molar-refractivity contribution < 1.29 is 19.8 Å². The van der Waals surface area contributed by atoms with E-state index in [0.717, 1.165) is 6.42 Å². The van der Waals surface area contributed by atoms with Crippen LogP contribution >= 0.6 is 0 Å². The number of aliphatic hydroxyl groups is 1. The van der Waals surface area contributed by atoms with Crippen molar-refractivity contribution in [1.29, 1.82) is 0 Å². The van der Waals surface area contributed by atoms with Crippen LogP contribution in [-0.4, -0.2) is 51.3 Å². The fourth-order valence-corrected chi connectivity index (χ4v) is 2.40. The van der Waals surface area contributed by atoms with Crippen LogP contribution in [0.3, 0.4) is 0 Å². The number of carboxylic acid groups (broad SMARTS) is 1. The normalized spacial score (nSPS) is 21.8. The van der Waals surface area contributed by atoms with E-state index >= 15 is 0 Å². The van der Waals surface area contributed by atoms with E-state index in [-0.39, 0.29) is 29.9 Å². The average Bonchev–Trinajstić information content (AvgIpc) is 2.80. The Morgan fingerprint density at radius 1 is 1.55 bits per heavy atom. The molecule has 0 saturated carbocycles. The van der Waals surface area contributed by atoms with Crippen molar-refractivity contribution >= 4 is 17.7 Å². The molecule has 7 heteroatoms. The first-order valence-electron chi connectivity index (χ1n) is 6.41. The summed E-state index contributed by atoms with van der Waals surface area (Å²) in [7, 11) is 0. The minimum absolute atomic E-state index is 0.104. The first-order valence-corrected chi connectivity index (χ1v) is 6.41. The van der Waals surface area contributed by atoms with E-state index in [1.54, 1.807) is 6.07 Å². The predicted molar refractivity (Wildman–Crippen MR) is 71.6 cm³/mol. The SMILES string of the molecule is CC1CCN(C(=O)Nc2cccnc2C(=O)O)C1CO. The number of anilines is 1. The zero-order chi connectivity index (χ0) is 14.7. The third-order valence-corrected chi connectivity index (χ3v) is 3.58. The summed E-state index contributed by atoms with van der Waals surface area (Å²) in [6.07, 6.45) is 2.17. The maximum Gasteiger partial charge on any atom is 0.356 e. The Kier molecular flexibility index (Phi) is 4.19. The van der Waals surface area contributed by atoms with Crippen molar-refractivity contribution in [2.75, 3.05) is 18.5 Å². The fourth-order valence-electron chi connectivity index (χ4n) is 2.40. The number of carbonyl (C=O) groups excluding carboxylic acids is 1. The predicted octanol–water partition coefficient (Wildman–Crippen LogP) is 1.01. The summed E-state index contributed by atoms with van der Waals surface area (Å²) in [6, 6.07) is 2.39. The molecule has 3 N–H and O–H groups in total. The van der Waals surface area contributed by atoms with Crippen LogP contribution in [0.5, 0.6) is 0 Å². The molecule has 1 aliphatic rings. The highest BCUT2D eigenvalue weighted by atomic mass is 16.4. The summed E-state index contributed by atoms with van der Waals surface area (Å²) in [6.45, 7) is 2.41. The van der Waals surface area contributed by atoms with Crippen LogP contribution in [0.1, 0.15) is 23.8 Å². The molecule has 2 rings (SSSR count). The van der Waals surface area contributed by atoms with Gasteiger partial charge >= 0.3 is 12.0 Å². The Morgan fingerprint density at radius 3 is 2.95 bits per heavy atom. The number of amides is 2. The number of hydrogen-bond donors (Lipinski definition) is 3. The average molecular weight is 279 g/mol. The van der Waals surface area contributed by atoms with Gasteiger partial charge in [-0.05, 0) is 24.5 Å². The first kappa shape index (κ1) is 14.3. The maximum absolute atomic E-state index is 12.2. The van der Waals surface area contributed by atoms with Gasteiger partial charge in [0.05, 0.1) is 18.3 Å². The van der Waals surface area contributed by atoms with Gasteiger partial charge in [-0.15, -0.1) is 0 Å². The number of pyridine rings is 1. The fraction of sp³-hybridized carbons (Fsp3) is 0.462. The molecule has 1 fully saturated rings. The van der Waals surface area contributed by atoms with E-state index in [4.69, 9.17) is 5.11 Å². The molecule has 1 saturated heterocycles. The summed E-state index contributed by atoms with van der Waals surface area (Å²) in [4.78, 5) is 28.5. The standard InChI is InChI=1S/C13H17N3O4/c1-8-4-6-16(10(8)7-17)13(20)15-9-3-2-5-14-11(9)12(18)19/h2-3,5,8,10,17H,4,6-7H2,1H3,(H,15,20)(H,18,19). The molecule has 2 atom stereocenters. The molecule has 1 aliphatic heterocycles. The van der Waals surface area contributed by atoms with Gasteiger partial charge in [0.15, 0.2) is 5.69 Å². The number of nitrogens with one attached hydrogen (secondary N) is 1. The topological polar surface area (TPSA) is 103 Å². The molecule has 2 amide bonds.